The number of halogens is 2. The van der Waals surface area contributed by atoms with E-state index in [-0.39, 0.29) is 30.1 Å². The van der Waals surface area contributed by atoms with E-state index in [4.69, 9.17) is 0 Å². The summed E-state index contributed by atoms with van der Waals surface area (Å²) in [6.07, 6.45) is 0. The summed E-state index contributed by atoms with van der Waals surface area (Å²) in [5, 5.41) is 2.92. The van der Waals surface area contributed by atoms with E-state index >= 15 is 0 Å². The summed E-state index contributed by atoms with van der Waals surface area (Å²) in [7, 11) is -3.94. The number of fused-ring (bicyclic) bond motifs is 1. The summed E-state index contributed by atoms with van der Waals surface area (Å²) in [6.45, 7) is 1.87. The van der Waals surface area contributed by atoms with Crippen LogP contribution in [0, 0.1) is 11.6 Å². The predicted octanol–water partition coefficient (Wildman–Crippen LogP) is 4.62. The van der Waals surface area contributed by atoms with Crippen LogP contribution in [0.5, 0.6) is 0 Å². The summed E-state index contributed by atoms with van der Waals surface area (Å²) in [6, 6.07) is 17.5. The third-order valence-electron chi connectivity index (χ3n) is 4.96. The molecule has 5 nitrogen and oxygen atoms in total. The molecule has 0 saturated carbocycles. The molecule has 0 aromatic heterocycles. The molecule has 156 valence electrons. The number of sulfonamides is 1. The lowest BCUT2D eigenvalue weighted by atomic mass is 9.91. The molecule has 8 heteroatoms. The molecule has 0 spiro atoms. The van der Waals surface area contributed by atoms with Crippen LogP contribution in [0.15, 0.2) is 76.6 Å². The molecule has 1 unspecified atom stereocenters. The van der Waals surface area contributed by atoms with Crippen molar-refractivity contribution in [2.75, 3.05) is 5.32 Å². The highest BCUT2D eigenvalue weighted by Crippen LogP contribution is 2.38. The first-order valence-corrected chi connectivity index (χ1v) is 10.8. The summed E-state index contributed by atoms with van der Waals surface area (Å²) in [5.41, 5.74) is 1.82. The lowest BCUT2D eigenvalue weighted by Gasteiger charge is -2.26. The van der Waals surface area contributed by atoms with Crippen LogP contribution in [0.25, 0.3) is 0 Å². The van der Waals surface area contributed by atoms with E-state index in [0.717, 1.165) is 11.6 Å². The third-order valence-corrected chi connectivity index (χ3v) is 6.34. The summed E-state index contributed by atoms with van der Waals surface area (Å²) in [4.78, 5) is 4.17. The summed E-state index contributed by atoms with van der Waals surface area (Å²) < 4.78 is 56.1. The van der Waals surface area contributed by atoms with Gasteiger partial charge in [-0.05, 0) is 35.4 Å². The molecule has 0 radical (unpaired) electrons. The molecule has 1 atom stereocenters. The SMILES string of the molecule is CC(c1ccccc1)c1c(F)ccc2c1NC(=NCc1cccc(F)c1)NS2(=O)=O.[HH]. The maximum absolute atomic E-state index is 14.9. The number of nitrogens with one attached hydrogen (secondary N) is 2. The molecular weight excluding hydrogens is 408 g/mol. The molecule has 3 aromatic rings. The van der Waals surface area contributed by atoms with Gasteiger partial charge in [0.05, 0.1) is 12.2 Å². The Hall–Kier alpha value is -3.26. The molecule has 0 saturated heterocycles. The van der Waals surface area contributed by atoms with Crippen molar-refractivity contribution in [2.24, 2.45) is 4.99 Å². The van der Waals surface area contributed by atoms with Crippen LogP contribution in [0.4, 0.5) is 14.5 Å². The largest absolute Gasteiger partial charge is 0.324 e. The third kappa shape index (κ3) is 3.91. The fourth-order valence-electron chi connectivity index (χ4n) is 3.46. The highest BCUT2D eigenvalue weighted by Gasteiger charge is 2.31. The van der Waals surface area contributed by atoms with Crippen LogP contribution in [0.1, 0.15) is 31.0 Å². The average Bonchev–Trinajstić information content (AvgIpc) is 2.72. The standard InChI is InChI=1S/C22H19F2N3O2S.H2/c1-14(16-7-3-2-4-8-16)20-18(24)10-11-19-21(20)26-22(27-30(19,28)29)25-13-15-6-5-9-17(23)12-15;/h2-12,14H,13H2,1H3,(H2,25,26,27);1H. The lowest BCUT2D eigenvalue weighted by molar-refractivity contribution is 0.586. The quantitative estimate of drug-likeness (QED) is 0.636. The summed E-state index contributed by atoms with van der Waals surface area (Å²) >= 11 is 0. The molecule has 0 amide bonds. The second kappa shape index (κ2) is 7.87. The molecule has 1 heterocycles. The van der Waals surface area contributed by atoms with Crippen LogP contribution in [0.2, 0.25) is 0 Å². The molecular formula is C22H21F2N3O2S. The summed E-state index contributed by atoms with van der Waals surface area (Å²) in [5.74, 6) is -1.36. The highest BCUT2D eigenvalue weighted by molar-refractivity contribution is 7.90. The molecule has 0 bridgehead atoms. The van der Waals surface area contributed by atoms with Gasteiger partial charge in [0.25, 0.3) is 10.0 Å². The fraction of sp³-hybridized carbons (Fsp3) is 0.136. The number of benzene rings is 3. The van der Waals surface area contributed by atoms with Gasteiger partial charge >= 0.3 is 0 Å². The van der Waals surface area contributed by atoms with Crippen molar-refractivity contribution in [3.8, 4) is 0 Å². The van der Waals surface area contributed by atoms with Gasteiger partial charge in [0.1, 0.15) is 16.5 Å². The van der Waals surface area contributed by atoms with E-state index < -0.39 is 27.6 Å². The predicted molar refractivity (Wildman–Crippen MR) is 114 cm³/mol. The van der Waals surface area contributed by atoms with Gasteiger partial charge < -0.3 is 5.32 Å². The minimum atomic E-state index is -3.94. The van der Waals surface area contributed by atoms with Crippen LogP contribution in [-0.4, -0.2) is 14.4 Å². The van der Waals surface area contributed by atoms with Crippen molar-refractivity contribution >= 4 is 21.7 Å². The molecule has 0 aliphatic carbocycles. The van der Waals surface area contributed by atoms with Crippen molar-refractivity contribution in [3.63, 3.8) is 0 Å². The zero-order valence-corrected chi connectivity index (χ0v) is 16.9. The monoisotopic (exact) mass is 429 g/mol. The number of guanidine groups is 1. The number of aliphatic imine (C=N–C) groups is 1. The highest BCUT2D eigenvalue weighted by atomic mass is 32.2. The normalized spacial score (nSPS) is 17.0. The topological polar surface area (TPSA) is 70.6 Å². The van der Waals surface area contributed by atoms with Crippen LogP contribution in [0.3, 0.4) is 0 Å². The fourth-order valence-corrected chi connectivity index (χ4v) is 4.62. The van der Waals surface area contributed by atoms with Gasteiger partial charge in [0, 0.05) is 12.9 Å². The molecule has 4 rings (SSSR count). The number of nitrogens with zero attached hydrogens (tertiary/aromatic N) is 1. The van der Waals surface area contributed by atoms with Gasteiger partial charge in [-0.25, -0.2) is 26.9 Å². The van der Waals surface area contributed by atoms with Crippen LogP contribution < -0.4 is 10.0 Å². The van der Waals surface area contributed by atoms with Crippen molar-refractivity contribution < 1.29 is 18.6 Å². The minimum absolute atomic E-state index is 0. The Labute approximate surface area is 175 Å². The Morgan fingerprint density at radius 1 is 1.03 bits per heavy atom. The van der Waals surface area contributed by atoms with Gasteiger partial charge in [0.2, 0.25) is 5.96 Å². The Morgan fingerprint density at radius 3 is 2.53 bits per heavy atom. The van der Waals surface area contributed by atoms with Gasteiger partial charge in [-0.1, -0.05) is 49.4 Å². The number of hydrogen-bond acceptors (Lipinski definition) is 3. The molecule has 1 aliphatic rings. The number of hydrogen-bond donors (Lipinski definition) is 2. The first-order chi connectivity index (χ1) is 14.3. The first kappa shape index (κ1) is 20.0. The lowest BCUT2D eigenvalue weighted by Crippen LogP contribution is -2.41. The zero-order chi connectivity index (χ0) is 21.3. The van der Waals surface area contributed by atoms with E-state index in [2.05, 4.69) is 15.0 Å². The molecule has 3 aromatic carbocycles. The second-order valence-corrected chi connectivity index (χ2v) is 8.64. The van der Waals surface area contributed by atoms with Crippen molar-refractivity contribution in [1.29, 1.82) is 0 Å². The zero-order valence-electron chi connectivity index (χ0n) is 16.1. The van der Waals surface area contributed by atoms with E-state index in [1.807, 2.05) is 37.3 Å². The minimum Gasteiger partial charge on any atom is -0.324 e. The van der Waals surface area contributed by atoms with Crippen molar-refractivity contribution in [2.45, 2.75) is 24.3 Å². The van der Waals surface area contributed by atoms with E-state index in [1.165, 1.54) is 18.2 Å². The van der Waals surface area contributed by atoms with E-state index in [0.29, 0.717) is 5.56 Å². The Morgan fingerprint density at radius 2 is 1.80 bits per heavy atom. The first-order valence-electron chi connectivity index (χ1n) is 9.31. The maximum Gasteiger partial charge on any atom is 0.266 e. The Kier molecular flexibility index (Phi) is 5.26. The molecule has 2 N–H and O–H groups in total. The smallest absolute Gasteiger partial charge is 0.266 e. The second-order valence-electron chi connectivity index (χ2n) is 6.99. The number of anilines is 1. The molecule has 1 aliphatic heterocycles. The van der Waals surface area contributed by atoms with Gasteiger partial charge in [0.15, 0.2) is 0 Å². The Balaban J connectivity index is 0.00000272. The van der Waals surface area contributed by atoms with E-state index in [9.17, 15) is 17.2 Å². The van der Waals surface area contributed by atoms with Crippen molar-refractivity contribution in [1.82, 2.24) is 4.72 Å². The average molecular weight is 429 g/mol. The van der Waals surface area contributed by atoms with Gasteiger partial charge in [-0.3, -0.25) is 0 Å². The van der Waals surface area contributed by atoms with Crippen molar-refractivity contribution in [3.05, 3.63) is 95.1 Å². The molecule has 30 heavy (non-hydrogen) atoms. The van der Waals surface area contributed by atoms with E-state index in [1.54, 1.807) is 12.1 Å². The van der Waals surface area contributed by atoms with Gasteiger partial charge in [-0.2, -0.15) is 0 Å². The van der Waals surface area contributed by atoms with Gasteiger partial charge in [-0.15, -0.1) is 0 Å². The van der Waals surface area contributed by atoms with Crippen LogP contribution in [-0.2, 0) is 16.6 Å². The maximum atomic E-state index is 14.9. The Bertz CT molecular complexity index is 1230. The van der Waals surface area contributed by atoms with Crippen LogP contribution >= 0.6 is 0 Å². The number of rotatable bonds is 4. The molecule has 0 fully saturated rings.